The molecule has 0 spiro atoms. The molecule has 2 aromatic carbocycles. The van der Waals surface area contributed by atoms with E-state index in [1.165, 1.54) is 28.0 Å². The van der Waals surface area contributed by atoms with E-state index in [1.807, 2.05) is 0 Å². The van der Waals surface area contributed by atoms with Crippen molar-refractivity contribution in [3.8, 4) is 0 Å². The molecule has 0 radical (unpaired) electrons. The third kappa shape index (κ3) is 4.22. The minimum absolute atomic E-state index is 0.0120. The second kappa shape index (κ2) is 8.55. The molecule has 0 saturated carbocycles. The normalized spacial score (nSPS) is 20.1. The summed E-state index contributed by atoms with van der Waals surface area (Å²) in [5, 5.41) is 0. The topological polar surface area (TPSA) is 78.0 Å². The summed E-state index contributed by atoms with van der Waals surface area (Å²) in [6.45, 7) is 0.135. The lowest BCUT2D eigenvalue weighted by atomic mass is 10.1. The number of hydrogen-bond acceptors (Lipinski definition) is 4. The number of benzene rings is 2. The summed E-state index contributed by atoms with van der Waals surface area (Å²) in [6, 6.07) is 7.84. The van der Waals surface area contributed by atoms with E-state index in [0.717, 1.165) is 22.5 Å². The average molecular weight is 467 g/mol. The van der Waals surface area contributed by atoms with Gasteiger partial charge in [0.1, 0.15) is 22.3 Å². The summed E-state index contributed by atoms with van der Waals surface area (Å²) in [5.74, 6) is -3.95. The van der Waals surface area contributed by atoms with Gasteiger partial charge >= 0.3 is 0 Å². The third-order valence-electron chi connectivity index (χ3n) is 5.64. The van der Waals surface area contributed by atoms with Crippen LogP contribution in [0.2, 0.25) is 0 Å². The minimum Gasteiger partial charge on any atom is -0.340 e. The Hall–Kier alpha value is -2.92. The van der Waals surface area contributed by atoms with Gasteiger partial charge in [0.25, 0.3) is 0 Å². The van der Waals surface area contributed by atoms with Crippen LogP contribution in [0.4, 0.5) is 18.9 Å². The minimum atomic E-state index is -4.04. The van der Waals surface area contributed by atoms with Crippen molar-refractivity contribution in [2.75, 3.05) is 37.6 Å². The Morgan fingerprint density at radius 3 is 2.19 bits per heavy atom. The first kappa shape index (κ1) is 22.3. The van der Waals surface area contributed by atoms with Crippen LogP contribution in [-0.2, 0) is 19.6 Å². The first-order chi connectivity index (χ1) is 15.2. The Kier molecular flexibility index (Phi) is 5.95. The van der Waals surface area contributed by atoms with Gasteiger partial charge in [-0.2, -0.15) is 4.31 Å². The highest BCUT2D eigenvalue weighted by molar-refractivity contribution is 7.89. The Bertz CT molecular complexity index is 1150. The van der Waals surface area contributed by atoms with Crippen molar-refractivity contribution in [2.45, 2.75) is 11.3 Å². The Morgan fingerprint density at radius 1 is 0.938 bits per heavy atom. The van der Waals surface area contributed by atoms with Gasteiger partial charge in [0.15, 0.2) is 0 Å². The van der Waals surface area contributed by atoms with E-state index < -0.39 is 44.2 Å². The quantitative estimate of drug-likeness (QED) is 0.689. The van der Waals surface area contributed by atoms with E-state index >= 15 is 0 Å². The monoisotopic (exact) mass is 467 g/mol. The van der Waals surface area contributed by atoms with Crippen LogP contribution < -0.4 is 4.90 Å². The van der Waals surface area contributed by atoms with Crippen LogP contribution in [-0.4, -0.2) is 62.2 Å². The zero-order valence-corrected chi connectivity index (χ0v) is 17.7. The van der Waals surface area contributed by atoms with E-state index in [4.69, 9.17) is 0 Å². The number of sulfonamides is 1. The standard InChI is InChI=1S/C21H20F3N3O4S/c22-15-10-16(23)12-17(11-15)27-13-14(9-20(27)28)21(29)25-5-7-26(8-6-25)32(30,31)19-4-2-1-3-18(19)24/h1-4,10-12,14H,5-9,13H2. The Morgan fingerprint density at radius 2 is 1.56 bits per heavy atom. The number of piperazine rings is 1. The fourth-order valence-electron chi connectivity index (χ4n) is 4.02. The predicted molar refractivity (Wildman–Crippen MR) is 109 cm³/mol. The van der Waals surface area contributed by atoms with Gasteiger partial charge in [-0.25, -0.2) is 21.6 Å². The van der Waals surface area contributed by atoms with Gasteiger partial charge < -0.3 is 9.80 Å². The molecule has 2 amide bonds. The van der Waals surface area contributed by atoms with Crippen molar-refractivity contribution in [3.05, 3.63) is 59.9 Å². The number of nitrogens with zero attached hydrogens (tertiary/aromatic N) is 3. The molecule has 2 aromatic rings. The number of rotatable bonds is 4. The van der Waals surface area contributed by atoms with Crippen LogP contribution in [0.25, 0.3) is 0 Å². The molecule has 170 valence electrons. The fourth-order valence-corrected chi connectivity index (χ4v) is 5.50. The zero-order chi connectivity index (χ0) is 23.0. The molecule has 2 saturated heterocycles. The number of halogens is 3. The van der Waals surface area contributed by atoms with Crippen LogP contribution in [0.15, 0.2) is 47.4 Å². The molecule has 2 aliphatic heterocycles. The van der Waals surface area contributed by atoms with Crippen molar-refractivity contribution in [2.24, 2.45) is 5.92 Å². The highest BCUT2D eigenvalue weighted by atomic mass is 32.2. The van der Waals surface area contributed by atoms with Gasteiger partial charge in [-0.05, 0) is 24.3 Å². The number of hydrogen-bond donors (Lipinski definition) is 0. The molecule has 32 heavy (non-hydrogen) atoms. The number of amides is 2. The molecular weight excluding hydrogens is 447 g/mol. The molecule has 0 aliphatic carbocycles. The molecule has 0 N–H and O–H groups in total. The largest absolute Gasteiger partial charge is 0.340 e. The first-order valence-electron chi connectivity index (χ1n) is 9.97. The summed E-state index contributed by atoms with van der Waals surface area (Å²) in [4.78, 5) is 27.5. The van der Waals surface area contributed by atoms with Crippen LogP contribution >= 0.6 is 0 Å². The molecule has 0 bridgehead atoms. The average Bonchev–Trinajstić information content (AvgIpc) is 3.14. The van der Waals surface area contributed by atoms with E-state index in [1.54, 1.807) is 0 Å². The van der Waals surface area contributed by atoms with E-state index in [-0.39, 0.29) is 50.7 Å². The predicted octanol–water partition coefficient (Wildman–Crippen LogP) is 1.99. The highest BCUT2D eigenvalue weighted by Crippen LogP contribution is 2.28. The molecule has 1 unspecified atom stereocenters. The summed E-state index contributed by atoms with van der Waals surface area (Å²) in [6.07, 6.45) is -0.106. The summed E-state index contributed by atoms with van der Waals surface area (Å²) in [7, 11) is -4.04. The summed E-state index contributed by atoms with van der Waals surface area (Å²) >= 11 is 0. The lowest BCUT2D eigenvalue weighted by Crippen LogP contribution is -2.52. The zero-order valence-electron chi connectivity index (χ0n) is 16.9. The molecule has 4 rings (SSSR count). The molecule has 0 aromatic heterocycles. The van der Waals surface area contributed by atoms with Crippen molar-refractivity contribution >= 4 is 27.5 Å². The van der Waals surface area contributed by atoms with Crippen molar-refractivity contribution < 1.29 is 31.2 Å². The lowest BCUT2D eigenvalue weighted by molar-refractivity contribution is -0.136. The number of carbonyl (C=O) groups excluding carboxylic acids is 2. The molecule has 1 atom stereocenters. The van der Waals surface area contributed by atoms with E-state index in [9.17, 15) is 31.2 Å². The molecule has 2 aliphatic rings. The van der Waals surface area contributed by atoms with Crippen LogP contribution in [0.5, 0.6) is 0 Å². The summed E-state index contributed by atoms with van der Waals surface area (Å²) in [5.41, 5.74) is 0.0450. The molecule has 2 fully saturated rings. The SMILES string of the molecule is O=C(C1CC(=O)N(c2cc(F)cc(F)c2)C1)N1CCN(S(=O)(=O)c2ccccc2F)CC1. The Labute approximate surface area is 183 Å². The maximum Gasteiger partial charge on any atom is 0.246 e. The second-order valence-electron chi connectivity index (χ2n) is 7.69. The van der Waals surface area contributed by atoms with Crippen LogP contribution in [0.3, 0.4) is 0 Å². The fraction of sp³-hybridized carbons (Fsp3) is 0.333. The van der Waals surface area contributed by atoms with Crippen LogP contribution in [0, 0.1) is 23.4 Å². The highest BCUT2D eigenvalue weighted by Gasteiger charge is 2.39. The smallest absolute Gasteiger partial charge is 0.246 e. The maximum absolute atomic E-state index is 14.0. The van der Waals surface area contributed by atoms with Gasteiger partial charge in [0.2, 0.25) is 21.8 Å². The van der Waals surface area contributed by atoms with Gasteiger partial charge in [-0.3, -0.25) is 9.59 Å². The number of carbonyl (C=O) groups is 2. The molecule has 11 heteroatoms. The third-order valence-corrected chi connectivity index (χ3v) is 7.57. The van der Waals surface area contributed by atoms with Crippen molar-refractivity contribution in [3.63, 3.8) is 0 Å². The first-order valence-corrected chi connectivity index (χ1v) is 11.4. The van der Waals surface area contributed by atoms with Gasteiger partial charge in [0.05, 0.1) is 5.92 Å². The van der Waals surface area contributed by atoms with E-state index in [2.05, 4.69) is 0 Å². The van der Waals surface area contributed by atoms with Crippen molar-refractivity contribution in [1.29, 1.82) is 0 Å². The number of anilines is 1. The van der Waals surface area contributed by atoms with Crippen molar-refractivity contribution in [1.82, 2.24) is 9.21 Å². The molecule has 2 heterocycles. The van der Waals surface area contributed by atoms with Gasteiger partial charge in [-0.1, -0.05) is 12.1 Å². The Balaban J connectivity index is 1.41. The van der Waals surface area contributed by atoms with Crippen LogP contribution in [0.1, 0.15) is 6.42 Å². The lowest BCUT2D eigenvalue weighted by Gasteiger charge is -2.35. The van der Waals surface area contributed by atoms with Gasteiger partial charge in [0, 0.05) is 50.9 Å². The van der Waals surface area contributed by atoms with E-state index in [0.29, 0.717) is 6.07 Å². The molecule has 7 nitrogen and oxygen atoms in total. The maximum atomic E-state index is 14.0. The summed E-state index contributed by atoms with van der Waals surface area (Å²) < 4.78 is 67.5. The molecular formula is C21H20F3N3O4S. The van der Waals surface area contributed by atoms with Gasteiger partial charge in [-0.15, -0.1) is 0 Å². The second-order valence-corrected chi connectivity index (χ2v) is 9.60.